The number of carbonyl (C=O) groups is 1. The minimum atomic E-state index is 0.0203. The summed E-state index contributed by atoms with van der Waals surface area (Å²) in [6, 6.07) is 0.300. The van der Waals surface area contributed by atoms with E-state index in [-0.39, 0.29) is 5.91 Å². The standard InChI is InChI=1S/C14H22N4O/c1-10-12(9-16-18(10)2)13(19)17-11-4-7-15-14(8-11)5-3-6-14/h9,11,15H,3-8H2,1-2H3,(H,17,19). The van der Waals surface area contributed by atoms with Gasteiger partial charge in [-0.2, -0.15) is 5.10 Å². The van der Waals surface area contributed by atoms with Crippen molar-refractivity contribution in [2.24, 2.45) is 7.05 Å². The maximum Gasteiger partial charge on any atom is 0.254 e. The predicted octanol–water partition coefficient (Wildman–Crippen LogP) is 1.13. The normalized spacial score (nSPS) is 25.1. The van der Waals surface area contributed by atoms with Crippen molar-refractivity contribution in [2.75, 3.05) is 6.54 Å². The van der Waals surface area contributed by atoms with Gasteiger partial charge in [0.15, 0.2) is 0 Å². The summed E-state index contributed by atoms with van der Waals surface area (Å²) in [6.45, 7) is 2.94. The minimum absolute atomic E-state index is 0.0203. The summed E-state index contributed by atoms with van der Waals surface area (Å²) in [6.07, 6.45) is 7.57. The van der Waals surface area contributed by atoms with Gasteiger partial charge in [-0.15, -0.1) is 0 Å². The fraction of sp³-hybridized carbons (Fsp3) is 0.714. The summed E-state index contributed by atoms with van der Waals surface area (Å²) in [4.78, 5) is 12.3. The number of hydrogen-bond acceptors (Lipinski definition) is 3. The lowest BCUT2D eigenvalue weighted by Gasteiger charge is -2.48. The second-order valence-electron chi connectivity index (χ2n) is 5.99. The molecule has 1 spiro atoms. The second-order valence-corrected chi connectivity index (χ2v) is 5.99. The van der Waals surface area contributed by atoms with Gasteiger partial charge in [-0.05, 0) is 45.6 Å². The number of piperidine rings is 1. The molecule has 1 aliphatic carbocycles. The third kappa shape index (κ3) is 2.27. The summed E-state index contributed by atoms with van der Waals surface area (Å²) in [7, 11) is 1.86. The largest absolute Gasteiger partial charge is 0.349 e. The Morgan fingerprint density at radius 3 is 2.95 bits per heavy atom. The van der Waals surface area contributed by atoms with Crippen molar-refractivity contribution < 1.29 is 4.79 Å². The molecule has 1 saturated heterocycles. The van der Waals surface area contributed by atoms with Crippen LogP contribution in [0.3, 0.4) is 0 Å². The van der Waals surface area contributed by atoms with E-state index in [1.165, 1.54) is 19.3 Å². The highest BCUT2D eigenvalue weighted by Crippen LogP contribution is 2.38. The first-order valence-electron chi connectivity index (χ1n) is 7.14. The first-order valence-corrected chi connectivity index (χ1v) is 7.14. The van der Waals surface area contributed by atoms with Crippen LogP contribution in [0.25, 0.3) is 0 Å². The highest BCUT2D eigenvalue weighted by Gasteiger charge is 2.41. The molecule has 5 heteroatoms. The van der Waals surface area contributed by atoms with E-state index in [0.29, 0.717) is 17.1 Å². The molecule has 2 fully saturated rings. The summed E-state index contributed by atoms with van der Waals surface area (Å²) < 4.78 is 1.74. The molecule has 1 amide bonds. The molecule has 2 heterocycles. The van der Waals surface area contributed by atoms with Crippen LogP contribution in [0.15, 0.2) is 6.20 Å². The first-order chi connectivity index (χ1) is 9.10. The summed E-state index contributed by atoms with van der Waals surface area (Å²) in [5, 5.41) is 10.9. The fourth-order valence-electron chi connectivity index (χ4n) is 3.25. The molecule has 2 aliphatic rings. The van der Waals surface area contributed by atoms with Crippen LogP contribution in [-0.4, -0.2) is 33.8 Å². The lowest BCUT2D eigenvalue weighted by atomic mass is 9.70. The van der Waals surface area contributed by atoms with Crippen LogP contribution in [0.5, 0.6) is 0 Å². The summed E-state index contributed by atoms with van der Waals surface area (Å²) >= 11 is 0. The molecule has 1 unspecified atom stereocenters. The fourth-order valence-corrected chi connectivity index (χ4v) is 3.25. The molecule has 19 heavy (non-hydrogen) atoms. The molecule has 1 aromatic rings. The van der Waals surface area contributed by atoms with Crippen LogP contribution in [0.1, 0.15) is 48.2 Å². The lowest BCUT2D eigenvalue weighted by Crippen LogP contribution is -2.59. The maximum atomic E-state index is 12.3. The SMILES string of the molecule is Cc1c(C(=O)NC2CCNC3(CCC3)C2)cnn1C. The van der Waals surface area contributed by atoms with Crippen LogP contribution in [-0.2, 0) is 7.05 Å². The third-order valence-corrected chi connectivity index (χ3v) is 4.76. The van der Waals surface area contributed by atoms with Crippen LogP contribution < -0.4 is 10.6 Å². The van der Waals surface area contributed by atoms with E-state index in [4.69, 9.17) is 0 Å². The minimum Gasteiger partial charge on any atom is -0.349 e. The van der Waals surface area contributed by atoms with Crippen molar-refractivity contribution in [3.8, 4) is 0 Å². The number of aromatic nitrogens is 2. The summed E-state index contributed by atoms with van der Waals surface area (Å²) in [5.74, 6) is 0.0203. The van der Waals surface area contributed by atoms with Crippen LogP contribution >= 0.6 is 0 Å². The van der Waals surface area contributed by atoms with Gasteiger partial charge < -0.3 is 10.6 Å². The second kappa shape index (κ2) is 4.63. The molecule has 104 valence electrons. The molecule has 1 aromatic heterocycles. The third-order valence-electron chi connectivity index (χ3n) is 4.76. The van der Waals surface area contributed by atoms with Gasteiger partial charge in [0.05, 0.1) is 11.8 Å². The van der Waals surface area contributed by atoms with Crippen molar-refractivity contribution in [3.05, 3.63) is 17.5 Å². The monoisotopic (exact) mass is 262 g/mol. The van der Waals surface area contributed by atoms with Crippen molar-refractivity contribution in [1.82, 2.24) is 20.4 Å². The molecule has 0 bridgehead atoms. The first kappa shape index (κ1) is 12.7. The molecule has 1 aliphatic heterocycles. The Hall–Kier alpha value is -1.36. The zero-order chi connectivity index (χ0) is 13.5. The zero-order valence-corrected chi connectivity index (χ0v) is 11.7. The number of rotatable bonds is 2. The topological polar surface area (TPSA) is 59.0 Å². The van der Waals surface area contributed by atoms with Crippen molar-refractivity contribution in [3.63, 3.8) is 0 Å². The number of hydrogen-bond donors (Lipinski definition) is 2. The highest BCUT2D eigenvalue weighted by atomic mass is 16.1. The van der Waals surface area contributed by atoms with Crippen LogP contribution in [0.4, 0.5) is 0 Å². The Kier molecular flexibility index (Phi) is 3.09. The number of amides is 1. The van der Waals surface area contributed by atoms with Crippen molar-refractivity contribution >= 4 is 5.91 Å². The Morgan fingerprint density at radius 2 is 2.37 bits per heavy atom. The van der Waals surface area contributed by atoms with E-state index >= 15 is 0 Å². The van der Waals surface area contributed by atoms with E-state index < -0.39 is 0 Å². The molecule has 5 nitrogen and oxygen atoms in total. The van der Waals surface area contributed by atoms with Gasteiger partial charge in [0.2, 0.25) is 0 Å². The zero-order valence-electron chi connectivity index (χ0n) is 11.7. The van der Waals surface area contributed by atoms with E-state index in [9.17, 15) is 4.79 Å². The molecule has 0 aromatic carbocycles. The van der Waals surface area contributed by atoms with Gasteiger partial charge in [-0.3, -0.25) is 9.48 Å². The van der Waals surface area contributed by atoms with E-state index in [0.717, 1.165) is 25.1 Å². The van der Waals surface area contributed by atoms with Gasteiger partial charge in [-0.25, -0.2) is 0 Å². The maximum absolute atomic E-state index is 12.3. The molecular weight excluding hydrogens is 240 g/mol. The Morgan fingerprint density at radius 1 is 1.58 bits per heavy atom. The number of nitrogens with one attached hydrogen (secondary N) is 2. The predicted molar refractivity (Wildman–Crippen MR) is 73.0 cm³/mol. The number of carbonyl (C=O) groups excluding carboxylic acids is 1. The number of aryl methyl sites for hydroxylation is 1. The lowest BCUT2D eigenvalue weighted by molar-refractivity contribution is 0.0852. The van der Waals surface area contributed by atoms with Crippen LogP contribution in [0, 0.1) is 6.92 Å². The van der Waals surface area contributed by atoms with Gasteiger partial charge in [-0.1, -0.05) is 0 Å². The summed E-state index contributed by atoms with van der Waals surface area (Å²) in [5.41, 5.74) is 1.94. The highest BCUT2D eigenvalue weighted by molar-refractivity contribution is 5.95. The average Bonchev–Trinajstić information content (AvgIpc) is 2.68. The number of nitrogens with zero attached hydrogens (tertiary/aromatic N) is 2. The van der Waals surface area contributed by atoms with Crippen LogP contribution in [0.2, 0.25) is 0 Å². The smallest absolute Gasteiger partial charge is 0.254 e. The molecule has 2 N–H and O–H groups in total. The Balaban J connectivity index is 1.64. The quantitative estimate of drug-likeness (QED) is 0.840. The molecule has 1 atom stereocenters. The van der Waals surface area contributed by atoms with Gasteiger partial charge >= 0.3 is 0 Å². The van der Waals surface area contributed by atoms with Gasteiger partial charge in [0.25, 0.3) is 5.91 Å². The molecule has 3 rings (SSSR count). The van der Waals surface area contributed by atoms with Crippen molar-refractivity contribution in [1.29, 1.82) is 0 Å². The van der Waals surface area contributed by atoms with E-state index in [2.05, 4.69) is 15.7 Å². The van der Waals surface area contributed by atoms with Gasteiger partial charge in [0.1, 0.15) is 0 Å². The molecular formula is C14H22N4O. The average molecular weight is 262 g/mol. The molecule has 1 saturated carbocycles. The van der Waals surface area contributed by atoms with Gasteiger partial charge in [0, 0.05) is 24.3 Å². The Bertz CT molecular complexity index is 490. The Labute approximate surface area is 113 Å². The molecule has 0 radical (unpaired) electrons. The van der Waals surface area contributed by atoms with Crippen molar-refractivity contribution in [2.45, 2.75) is 50.6 Å². The van der Waals surface area contributed by atoms with E-state index in [1.54, 1.807) is 10.9 Å². The van der Waals surface area contributed by atoms with E-state index in [1.807, 2.05) is 14.0 Å².